The molecule has 0 aliphatic rings. The molecule has 0 amide bonds. The van der Waals surface area contributed by atoms with Gasteiger partial charge in [-0.1, -0.05) is 42.4 Å². The number of aromatic amines is 1. The zero-order valence-corrected chi connectivity index (χ0v) is 10.0. The number of benzene rings is 2. The fourth-order valence-electron chi connectivity index (χ4n) is 2.39. The Bertz CT molecular complexity index is 779. The van der Waals surface area contributed by atoms with Crippen molar-refractivity contribution in [2.24, 2.45) is 5.11 Å². The maximum atomic E-state index is 8.72. The summed E-state index contributed by atoms with van der Waals surface area (Å²) in [4.78, 5) is 6.28. The summed E-state index contributed by atoms with van der Waals surface area (Å²) in [6.45, 7) is 2.06. The number of nitrogens with zero attached hydrogens (tertiary/aromatic N) is 3. The Morgan fingerprint density at radius 3 is 2.78 bits per heavy atom. The molecule has 0 bridgehead atoms. The third-order valence-electron chi connectivity index (χ3n) is 3.26. The van der Waals surface area contributed by atoms with E-state index in [-0.39, 0.29) is 0 Å². The summed E-state index contributed by atoms with van der Waals surface area (Å²) in [5.74, 6) is 0. The number of nitrogens with one attached hydrogen (secondary N) is 1. The van der Waals surface area contributed by atoms with Gasteiger partial charge in [-0.25, -0.2) is 0 Å². The molecule has 0 aliphatic heterocycles. The Hall–Kier alpha value is -2.45. The molecule has 88 valence electrons. The molecule has 0 saturated carbocycles. The first-order chi connectivity index (χ1) is 8.85. The molecule has 18 heavy (non-hydrogen) atoms. The molecule has 0 atom stereocenters. The Morgan fingerprint density at radius 2 is 2.00 bits per heavy atom. The summed E-state index contributed by atoms with van der Waals surface area (Å²) in [5, 5.41) is 6.11. The fraction of sp³-hybridized carbons (Fsp3) is 0.143. The van der Waals surface area contributed by atoms with Crippen LogP contribution in [0.3, 0.4) is 0 Å². The molecule has 0 saturated heterocycles. The molecule has 4 nitrogen and oxygen atoms in total. The zero-order chi connectivity index (χ0) is 12.5. The van der Waals surface area contributed by atoms with Crippen LogP contribution in [0.4, 0.5) is 5.69 Å². The first-order valence-corrected chi connectivity index (χ1v) is 5.92. The number of fused-ring (bicyclic) bond motifs is 3. The van der Waals surface area contributed by atoms with Gasteiger partial charge in [-0.2, -0.15) is 0 Å². The second kappa shape index (κ2) is 4.09. The average molecular weight is 236 g/mol. The van der Waals surface area contributed by atoms with Gasteiger partial charge in [0.15, 0.2) is 0 Å². The molecule has 3 aromatic rings. The Balaban J connectivity index is 2.50. The van der Waals surface area contributed by atoms with Crippen LogP contribution in [0.5, 0.6) is 0 Å². The number of para-hydroxylation sites is 1. The van der Waals surface area contributed by atoms with E-state index in [0.29, 0.717) is 5.69 Å². The lowest BCUT2D eigenvalue weighted by Gasteiger charge is -2.03. The maximum Gasteiger partial charge on any atom is 0.0648 e. The maximum absolute atomic E-state index is 8.72. The van der Waals surface area contributed by atoms with Crippen LogP contribution in [0.1, 0.15) is 12.5 Å². The predicted octanol–water partition coefficient (Wildman–Crippen LogP) is 4.83. The Kier molecular flexibility index (Phi) is 2.43. The number of aryl methyl sites for hydroxylation is 1. The van der Waals surface area contributed by atoms with E-state index in [0.717, 1.165) is 33.8 Å². The van der Waals surface area contributed by atoms with Gasteiger partial charge < -0.3 is 4.98 Å². The molecule has 0 aliphatic carbocycles. The Labute approximate surface area is 104 Å². The largest absolute Gasteiger partial charge is 0.354 e. The number of hydrogen-bond acceptors (Lipinski definition) is 1. The van der Waals surface area contributed by atoms with Crippen LogP contribution in [0.15, 0.2) is 41.5 Å². The summed E-state index contributed by atoms with van der Waals surface area (Å²) in [6, 6.07) is 12.2. The van der Waals surface area contributed by atoms with Crippen molar-refractivity contribution < 1.29 is 0 Å². The van der Waals surface area contributed by atoms with Crippen molar-refractivity contribution in [3.8, 4) is 0 Å². The third-order valence-corrected chi connectivity index (χ3v) is 3.26. The molecule has 0 radical (unpaired) electrons. The van der Waals surface area contributed by atoms with Crippen molar-refractivity contribution in [2.45, 2.75) is 13.3 Å². The van der Waals surface area contributed by atoms with E-state index in [1.165, 1.54) is 0 Å². The minimum atomic E-state index is 0.716. The van der Waals surface area contributed by atoms with Gasteiger partial charge in [-0.15, -0.1) is 0 Å². The second-order valence-corrected chi connectivity index (χ2v) is 4.21. The average Bonchev–Trinajstić information content (AvgIpc) is 2.78. The van der Waals surface area contributed by atoms with Gasteiger partial charge in [0.05, 0.1) is 11.2 Å². The lowest BCUT2D eigenvalue weighted by atomic mass is 10.1. The van der Waals surface area contributed by atoms with Crippen LogP contribution in [0, 0.1) is 0 Å². The number of aromatic nitrogens is 1. The van der Waals surface area contributed by atoms with Gasteiger partial charge in [0.25, 0.3) is 0 Å². The van der Waals surface area contributed by atoms with Crippen molar-refractivity contribution in [2.75, 3.05) is 0 Å². The van der Waals surface area contributed by atoms with Gasteiger partial charge >= 0.3 is 0 Å². The van der Waals surface area contributed by atoms with E-state index in [1.54, 1.807) is 0 Å². The van der Waals surface area contributed by atoms with Crippen LogP contribution in [-0.2, 0) is 6.42 Å². The van der Waals surface area contributed by atoms with Crippen LogP contribution >= 0.6 is 0 Å². The van der Waals surface area contributed by atoms with E-state index >= 15 is 0 Å². The monoisotopic (exact) mass is 236 g/mol. The fourth-order valence-corrected chi connectivity index (χ4v) is 2.39. The van der Waals surface area contributed by atoms with Crippen LogP contribution in [0.25, 0.3) is 32.2 Å². The number of hydrogen-bond donors (Lipinski definition) is 1. The van der Waals surface area contributed by atoms with Crippen LogP contribution < -0.4 is 0 Å². The van der Waals surface area contributed by atoms with Crippen LogP contribution in [0.2, 0.25) is 0 Å². The number of azide groups is 1. The molecule has 1 heterocycles. The standard InChI is InChI=1S/C14H12N4/c1-2-9-7-8-11-10-5-3-4-6-12(10)16-14(11)13(9)17-18-15/h3-8,16H,2H2,1H3. The van der Waals surface area contributed by atoms with Crippen molar-refractivity contribution >= 4 is 27.5 Å². The summed E-state index contributed by atoms with van der Waals surface area (Å²) < 4.78 is 0. The first-order valence-electron chi connectivity index (χ1n) is 5.92. The Morgan fingerprint density at radius 1 is 1.17 bits per heavy atom. The highest BCUT2D eigenvalue weighted by Gasteiger charge is 2.09. The predicted molar refractivity (Wildman–Crippen MR) is 74.0 cm³/mol. The van der Waals surface area contributed by atoms with E-state index in [4.69, 9.17) is 5.53 Å². The summed E-state index contributed by atoms with van der Waals surface area (Å²) in [5.41, 5.74) is 12.5. The SMILES string of the molecule is CCc1ccc2c([nH]c3ccccc32)c1N=[N+]=[N-]. The molecule has 4 heteroatoms. The third kappa shape index (κ3) is 1.44. The topological polar surface area (TPSA) is 64.5 Å². The second-order valence-electron chi connectivity index (χ2n) is 4.21. The molecular weight excluding hydrogens is 224 g/mol. The van der Waals surface area contributed by atoms with Gasteiger partial charge in [-0.3, -0.25) is 0 Å². The van der Waals surface area contributed by atoms with Gasteiger partial charge in [0.1, 0.15) is 0 Å². The smallest absolute Gasteiger partial charge is 0.0648 e. The molecule has 0 spiro atoms. The van der Waals surface area contributed by atoms with Crippen molar-refractivity contribution in [3.05, 3.63) is 52.4 Å². The van der Waals surface area contributed by atoms with E-state index < -0.39 is 0 Å². The zero-order valence-electron chi connectivity index (χ0n) is 10.0. The normalized spacial score (nSPS) is 10.7. The lowest BCUT2D eigenvalue weighted by Crippen LogP contribution is -1.81. The van der Waals surface area contributed by atoms with Crippen molar-refractivity contribution in [1.29, 1.82) is 0 Å². The molecule has 2 aromatic carbocycles. The van der Waals surface area contributed by atoms with Crippen molar-refractivity contribution in [1.82, 2.24) is 4.98 Å². The van der Waals surface area contributed by atoms with Crippen LogP contribution in [-0.4, -0.2) is 4.98 Å². The van der Waals surface area contributed by atoms with Crippen molar-refractivity contribution in [3.63, 3.8) is 0 Å². The lowest BCUT2D eigenvalue weighted by molar-refractivity contribution is 1.14. The molecular formula is C14H12N4. The van der Waals surface area contributed by atoms with E-state index in [1.807, 2.05) is 24.3 Å². The molecule has 0 fully saturated rings. The van der Waals surface area contributed by atoms with E-state index in [2.05, 4.69) is 34.1 Å². The highest BCUT2D eigenvalue weighted by molar-refractivity contribution is 6.11. The van der Waals surface area contributed by atoms with Gasteiger partial charge in [0.2, 0.25) is 0 Å². The minimum absolute atomic E-state index is 0.716. The molecule has 0 unspecified atom stereocenters. The summed E-state index contributed by atoms with van der Waals surface area (Å²) in [7, 11) is 0. The molecule has 1 N–H and O–H groups in total. The van der Waals surface area contributed by atoms with E-state index in [9.17, 15) is 0 Å². The van der Waals surface area contributed by atoms with Gasteiger partial charge in [0, 0.05) is 21.2 Å². The highest BCUT2D eigenvalue weighted by Crippen LogP contribution is 2.34. The van der Waals surface area contributed by atoms with Gasteiger partial charge in [-0.05, 0) is 23.6 Å². The summed E-state index contributed by atoms with van der Waals surface area (Å²) in [6.07, 6.45) is 0.847. The number of rotatable bonds is 2. The minimum Gasteiger partial charge on any atom is -0.354 e. The molecule has 1 aromatic heterocycles. The molecule has 3 rings (SSSR count). The number of H-pyrrole nitrogens is 1. The first kappa shape index (κ1) is 10.7. The summed E-state index contributed by atoms with van der Waals surface area (Å²) >= 11 is 0. The highest BCUT2D eigenvalue weighted by atomic mass is 15.1. The quantitative estimate of drug-likeness (QED) is 0.376.